The number of likely N-dealkylation sites (N-methyl/N-ethyl adjacent to an activating group) is 1. The van der Waals surface area contributed by atoms with E-state index in [9.17, 15) is 0 Å². The van der Waals surface area contributed by atoms with Gasteiger partial charge in [-0.2, -0.15) is 0 Å². The SMILES string of the molecule is CCOCCCCNCCN(C)CCc1ccccc1. The van der Waals surface area contributed by atoms with Crippen molar-refractivity contribution in [2.75, 3.05) is 46.4 Å². The molecule has 0 amide bonds. The summed E-state index contributed by atoms with van der Waals surface area (Å²) < 4.78 is 5.32. The van der Waals surface area contributed by atoms with Gasteiger partial charge in [0.1, 0.15) is 0 Å². The Balaban J connectivity index is 1.91. The first kappa shape index (κ1) is 17.2. The molecular formula is C17H30N2O. The molecule has 1 aromatic rings. The zero-order chi connectivity index (χ0) is 14.5. The Labute approximate surface area is 124 Å². The van der Waals surface area contributed by atoms with E-state index in [4.69, 9.17) is 4.74 Å². The van der Waals surface area contributed by atoms with Gasteiger partial charge in [-0.1, -0.05) is 30.3 Å². The molecule has 0 saturated heterocycles. The van der Waals surface area contributed by atoms with E-state index < -0.39 is 0 Å². The predicted octanol–water partition coefficient (Wildman–Crippen LogP) is 2.57. The minimum atomic E-state index is 0.833. The summed E-state index contributed by atoms with van der Waals surface area (Å²) >= 11 is 0. The number of benzene rings is 1. The number of hydrogen-bond acceptors (Lipinski definition) is 3. The minimum absolute atomic E-state index is 0.833. The molecule has 0 aliphatic rings. The number of nitrogens with zero attached hydrogens (tertiary/aromatic N) is 1. The molecule has 0 aliphatic heterocycles. The summed E-state index contributed by atoms with van der Waals surface area (Å²) in [6.45, 7) is 8.17. The molecule has 1 N–H and O–H groups in total. The van der Waals surface area contributed by atoms with E-state index in [1.165, 1.54) is 12.0 Å². The molecule has 0 fully saturated rings. The summed E-state index contributed by atoms with van der Waals surface area (Å²) in [4.78, 5) is 2.39. The van der Waals surface area contributed by atoms with Crippen LogP contribution in [0.2, 0.25) is 0 Å². The molecule has 0 spiro atoms. The van der Waals surface area contributed by atoms with Crippen molar-refractivity contribution in [3.05, 3.63) is 35.9 Å². The third-order valence-corrected chi connectivity index (χ3v) is 3.39. The van der Waals surface area contributed by atoms with E-state index in [1.807, 2.05) is 6.92 Å². The average molecular weight is 278 g/mol. The van der Waals surface area contributed by atoms with Gasteiger partial charge in [-0.3, -0.25) is 0 Å². The molecule has 0 saturated carbocycles. The second-order valence-corrected chi connectivity index (χ2v) is 5.19. The average Bonchev–Trinajstić information content (AvgIpc) is 2.49. The van der Waals surface area contributed by atoms with Crippen LogP contribution in [-0.4, -0.2) is 51.3 Å². The van der Waals surface area contributed by atoms with Crippen molar-refractivity contribution < 1.29 is 4.74 Å². The lowest BCUT2D eigenvalue weighted by molar-refractivity contribution is 0.143. The van der Waals surface area contributed by atoms with Gasteiger partial charge in [0.15, 0.2) is 0 Å². The van der Waals surface area contributed by atoms with Crippen molar-refractivity contribution >= 4 is 0 Å². The van der Waals surface area contributed by atoms with Crippen LogP contribution in [0.15, 0.2) is 30.3 Å². The van der Waals surface area contributed by atoms with Crippen molar-refractivity contribution in [3.8, 4) is 0 Å². The Kier molecular flexibility index (Phi) is 10.2. The molecule has 0 aromatic heterocycles. The molecule has 0 radical (unpaired) electrons. The highest BCUT2D eigenvalue weighted by atomic mass is 16.5. The largest absolute Gasteiger partial charge is 0.382 e. The van der Waals surface area contributed by atoms with Crippen LogP contribution < -0.4 is 5.32 Å². The van der Waals surface area contributed by atoms with Crippen LogP contribution in [0.1, 0.15) is 25.3 Å². The second-order valence-electron chi connectivity index (χ2n) is 5.19. The van der Waals surface area contributed by atoms with E-state index in [0.717, 1.165) is 52.2 Å². The first-order valence-corrected chi connectivity index (χ1v) is 7.84. The van der Waals surface area contributed by atoms with E-state index >= 15 is 0 Å². The summed E-state index contributed by atoms with van der Waals surface area (Å²) in [5.74, 6) is 0. The fraction of sp³-hybridized carbons (Fsp3) is 0.647. The minimum Gasteiger partial charge on any atom is -0.382 e. The Morgan fingerprint density at radius 1 is 1.05 bits per heavy atom. The maximum absolute atomic E-state index is 5.32. The summed E-state index contributed by atoms with van der Waals surface area (Å²) in [6.07, 6.45) is 3.49. The van der Waals surface area contributed by atoms with E-state index in [-0.39, 0.29) is 0 Å². The number of ether oxygens (including phenoxy) is 1. The highest BCUT2D eigenvalue weighted by molar-refractivity contribution is 5.14. The van der Waals surface area contributed by atoms with Gasteiger partial charge in [0, 0.05) is 32.8 Å². The number of rotatable bonds is 12. The first-order valence-electron chi connectivity index (χ1n) is 7.84. The number of unbranched alkanes of at least 4 members (excludes halogenated alkanes) is 1. The van der Waals surface area contributed by atoms with Crippen LogP contribution in [-0.2, 0) is 11.2 Å². The molecule has 1 rings (SSSR count). The van der Waals surface area contributed by atoms with Gasteiger partial charge >= 0.3 is 0 Å². The lowest BCUT2D eigenvalue weighted by Gasteiger charge is -2.16. The lowest BCUT2D eigenvalue weighted by atomic mass is 10.1. The van der Waals surface area contributed by atoms with Gasteiger partial charge < -0.3 is 15.0 Å². The summed E-state index contributed by atoms with van der Waals surface area (Å²) in [5, 5.41) is 3.49. The highest BCUT2D eigenvalue weighted by Gasteiger charge is 1.99. The molecule has 20 heavy (non-hydrogen) atoms. The van der Waals surface area contributed by atoms with Gasteiger partial charge in [0.2, 0.25) is 0 Å². The maximum atomic E-state index is 5.32. The van der Waals surface area contributed by atoms with Crippen LogP contribution in [0.25, 0.3) is 0 Å². The molecule has 0 aliphatic carbocycles. The molecule has 1 aromatic carbocycles. The van der Waals surface area contributed by atoms with Crippen molar-refractivity contribution in [2.45, 2.75) is 26.2 Å². The van der Waals surface area contributed by atoms with Crippen LogP contribution in [0, 0.1) is 0 Å². The van der Waals surface area contributed by atoms with Gasteiger partial charge in [0.25, 0.3) is 0 Å². The van der Waals surface area contributed by atoms with Gasteiger partial charge in [0.05, 0.1) is 0 Å². The quantitative estimate of drug-likeness (QED) is 0.595. The van der Waals surface area contributed by atoms with Gasteiger partial charge in [-0.25, -0.2) is 0 Å². The number of nitrogens with one attached hydrogen (secondary N) is 1. The zero-order valence-electron chi connectivity index (χ0n) is 13.1. The monoisotopic (exact) mass is 278 g/mol. The molecule has 3 heteroatoms. The first-order chi connectivity index (χ1) is 9.83. The van der Waals surface area contributed by atoms with Crippen molar-refractivity contribution in [1.29, 1.82) is 0 Å². The predicted molar refractivity (Wildman–Crippen MR) is 86.2 cm³/mol. The van der Waals surface area contributed by atoms with Crippen molar-refractivity contribution in [1.82, 2.24) is 10.2 Å². The molecule has 3 nitrogen and oxygen atoms in total. The molecule has 0 atom stereocenters. The van der Waals surface area contributed by atoms with E-state index in [1.54, 1.807) is 0 Å². The van der Waals surface area contributed by atoms with Gasteiger partial charge in [-0.05, 0) is 45.3 Å². The van der Waals surface area contributed by atoms with Crippen LogP contribution >= 0.6 is 0 Å². The Morgan fingerprint density at radius 3 is 2.60 bits per heavy atom. The molecule has 114 valence electrons. The fourth-order valence-electron chi connectivity index (χ4n) is 2.07. The molecule has 0 unspecified atom stereocenters. The zero-order valence-corrected chi connectivity index (χ0v) is 13.1. The van der Waals surface area contributed by atoms with Crippen LogP contribution in [0.4, 0.5) is 0 Å². The standard InChI is InChI=1S/C17H30N2O/c1-3-20-16-8-7-12-18-13-15-19(2)14-11-17-9-5-4-6-10-17/h4-6,9-10,18H,3,7-8,11-16H2,1-2H3. The van der Waals surface area contributed by atoms with Crippen molar-refractivity contribution in [2.24, 2.45) is 0 Å². The third kappa shape index (κ3) is 9.08. The summed E-state index contributed by atoms with van der Waals surface area (Å²) in [6, 6.07) is 10.7. The van der Waals surface area contributed by atoms with Crippen LogP contribution in [0.5, 0.6) is 0 Å². The topological polar surface area (TPSA) is 24.5 Å². The van der Waals surface area contributed by atoms with E-state index in [0.29, 0.717) is 0 Å². The highest BCUT2D eigenvalue weighted by Crippen LogP contribution is 2.00. The lowest BCUT2D eigenvalue weighted by Crippen LogP contribution is -2.31. The Hall–Kier alpha value is -0.900. The second kappa shape index (κ2) is 11.9. The van der Waals surface area contributed by atoms with Gasteiger partial charge in [-0.15, -0.1) is 0 Å². The smallest absolute Gasteiger partial charge is 0.0466 e. The van der Waals surface area contributed by atoms with E-state index in [2.05, 4.69) is 47.6 Å². The summed E-state index contributed by atoms with van der Waals surface area (Å²) in [7, 11) is 2.19. The normalized spacial score (nSPS) is 11.2. The maximum Gasteiger partial charge on any atom is 0.0466 e. The molecular weight excluding hydrogens is 248 g/mol. The molecule has 0 bridgehead atoms. The summed E-state index contributed by atoms with van der Waals surface area (Å²) in [5.41, 5.74) is 1.42. The van der Waals surface area contributed by atoms with Crippen LogP contribution in [0.3, 0.4) is 0 Å². The third-order valence-electron chi connectivity index (χ3n) is 3.39. The fourth-order valence-corrected chi connectivity index (χ4v) is 2.07. The Bertz CT molecular complexity index is 316. The molecule has 0 heterocycles. The number of hydrogen-bond donors (Lipinski definition) is 1. The van der Waals surface area contributed by atoms with Crippen molar-refractivity contribution in [3.63, 3.8) is 0 Å². The Morgan fingerprint density at radius 2 is 1.85 bits per heavy atom.